The zero-order valence-corrected chi connectivity index (χ0v) is 20.8. The lowest BCUT2D eigenvalue weighted by molar-refractivity contribution is -0.0479. The number of aryl methyl sites for hydroxylation is 4. The van der Waals surface area contributed by atoms with Crippen LogP contribution in [0.2, 0.25) is 0 Å². The SMILES string of the molecule is Cc1ccc(O[C@@H](C)OC(=O)N2CCN(C(=O)O[C@H](C)Oc3ccc(C)c(C)c3)CC2)cc1C. The lowest BCUT2D eigenvalue weighted by Crippen LogP contribution is -2.51. The molecule has 1 aliphatic heterocycles. The Morgan fingerprint density at radius 2 is 1.00 bits per heavy atom. The second-order valence-electron chi connectivity index (χ2n) is 8.60. The van der Waals surface area contributed by atoms with Gasteiger partial charge in [-0.1, -0.05) is 12.1 Å². The Morgan fingerprint density at radius 1 is 0.647 bits per heavy atom. The molecule has 0 unspecified atom stereocenters. The van der Waals surface area contributed by atoms with Crippen LogP contribution >= 0.6 is 0 Å². The van der Waals surface area contributed by atoms with E-state index in [1.807, 2.05) is 64.1 Å². The summed E-state index contributed by atoms with van der Waals surface area (Å²) in [4.78, 5) is 28.1. The molecule has 0 aromatic heterocycles. The molecule has 2 atom stereocenters. The smallest absolute Gasteiger partial charge is 0.412 e. The summed E-state index contributed by atoms with van der Waals surface area (Å²) in [5.41, 5.74) is 4.54. The van der Waals surface area contributed by atoms with Gasteiger partial charge >= 0.3 is 12.2 Å². The van der Waals surface area contributed by atoms with Crippen LogP contribution < -0.4 is 9.47 Å². The average Bonchev–Trinajstić information content (AvgIpc) is 2.78. The third kappa shape index (κ3) is 6.79. The van der Waals surface area contributed by atoms with E-state index in [2.05, 4.69) is 0 Å². The first kappa shape index (κ1) is 25.2. The molecular formula is C26H34N2O6. The number of hydrogen-bond acceptors (Lipinski definition) is 6. The van der Waals surface area contributed by atoms with Crippen LogP contribution in [0.5, 0.6) is 11.5 Å². The van der Waals surface area contributed by atoms with Gasteiger partial charge in [-0.15, -0.1) is 0 Å². The molecule has 2 amide bonds. The van der Waals surface area contributed by atoms with Crippen LogP contribution in [-0.4, -0.2) is 60.7 Å². The number of ether oxygens (including phenoxy) is 4. The van der Waals surface area contributed by atoms with E-state index in [0.717, 1.165) is 11.1 Å². The maximum absolute atomic E-state index is 12.5. The second kappa shape index (κ2) is 11.1. The Hall–Kier alpha value is -3.42. The zero-order valence-electron chi connectivity index (χ0n) is 20.8. The molecule has 1 heterocycles. The van der Waals surface area contributed by atoms with E-state index in [-0.39, 0.29) is 0 Å². The summed E-state index contributed by atoms with van der Waals surface area (Å²) in [5.74, 6) is 1.29. The van der Waals surface area contributed by atoms with Crippen molar-refractivity contribution in [2.24, 2.45) is 0 Å². The van der Waals surface area contributed by atoms with Crippen LogP contribution in [0.15, 0.2) is 36.4 Å². The summed E-state index contributed by atoms with van der Waals surface area (Å²) < 4.78 is 22.3. The highest BCUT2D eigenvalue weighted by Gasteiger charge is 2.28. The van der Waals surface area contributed by atoms with Crippen LogP contribution in [0.25, 0.3) is 0 Å². The lowest BCUT2D eigenvalue weighted by atomic mass is 10.1. The van der Waals surface area contributed by atoms with Crippen molar-refractivity contribution in [3.8, 4) is 11.5 Å². The highest BCUT2D eigenvalue weighted by atomic mass is 16.7. The second-order valence-corrected chi connectivity index (χ2v) is 8.60. The van der Waals surface area contributed by atoms with Gasteiger partial charge in [-0.2, -0.15) is 0 Å². The third-order valence-corrected chi connectivity index (χ3v) is 5.89. The fraction of sp³-hybridized carbons (Fsp3) is 0.462. The van der Waals surface area contributed by atoms with Crippen LogP contribution in [0, 0.1) is 27.7 Å². The molecule has 1 aliphatic rings. The third-order valence-electron chi connectivity index (χ3n) is 5.89. The summed E-state index contributed by atoms with van der Waals surface area (Å²) >= 11 is 0. The summed E-state index contributed by atoms with van der Waals surface area (Å²) in [6, 6.07) is 11.4. The fourth-order valence-electron chi connectivity index (χ4n) is 3.51. The summed E-state index contributed by atoms with van der Waals surface area (Å²) in [7, 11) is 0. The number of carbonyl (C=O) groups is 2. The van der Waals surface area contributed by atoms with Gasteiger partial charge in [0.25, 0.3) is 0 Å². The molecule has 0 radical (unpaired) electrons. The largest absolute Gasteiger partial charge is 0.455 e. The molecule has 0 saturated carbocycles. The lowest BCUT2D eigenvalue weighted by Gasteiger charge is -2.34. The number of hydrogen-bond donors (Lipinski definition) is 0. The Labute approximate surface area is 201 Å². The zero-order chi connectivity index (χ0) is 24.8. The van der Waals surface area contributed by atoms with Crippen molar-refractivity contribution in [2.45, 2.75) is 54.1 Å². The van der Waals surface area contributed by atoms with Gasteiger partial charge in [-0.05, 0) is 74.2 Å². The molecule has 1 saturated heterocycles. The quantitative estimate of drug-likeness (QED) is 0.556. The normalized spacial score (nSPS) is 15.4. The van der Waals surface area contributed by atoms with Gasteiger partial charge in [0, 0.05) is 40.0 Å². The maximum Gasteiger partial charge on any atom is 0.412 e. The van der Waals surface area contributed by atoms with Gasteiger partial charge in [0.15, 0.2) is 0 Å². The van der Waals surface area contributed by atoms with Gasteiger partial charge < -0.3 is 28.7 Å². The Balaban J connectivity index is 1.41. The molecule has 0 N–H and O–H groups in total. The van der Waals surface area contributed by atoms with Crippen molar-refractivity contribution < 1.29 is 28.5 Å². The molecule has 184 valence electrons. The minimum absolute atomic E-state index is 0.344. The molecule has 1 fully saturated rings. The van der Waals surface area contributed by atoms with E-state index >= 15 is 0 Å². The summed E-state index contributed by atoms with van der Waals surface area (Å²) in [6.07, 6.45) is -2.42. The highest BCUT2D eigenvalue weighted by molar-refractivity contribution is 5.70. The van der Waals surface area contributed by atoms with E-state index in [0.29, 0.717) is 37.7 Å². The Bertz CT molecular complexity index is 935. The maximum atomic E-state index is 12.5. The number of nitrogens with zero attached hydrogens (tertiary/aromatic N) is 2. The Morgan fingerprint density at radius 3 is 1.32 bits per heavy atom. The number of rotatable bonds is 6. The number of benzene rings is 2. The van der Waals surface area contributed by atoms with Gasteiger partial charge in [0.2, 0.25) is 12.6 Å². The van der Waals surface area contributed by atoms with Crippen molar-refractivity contribution in [2.75, 3.05) is 26.2 Å². The predicted octanol–water partition coefficient (Wildman–Crippen LogP) is 4.96. The number of carbonyl (C=O) groups excluding carboxylic acids is 2. The molecule has 2 aromatic rings. The first-order valence-corrected chi connectivity index (χ1v) is 11.5. The first-order chi connectivity index (χ1) is 16.1. The van der Waals surface area contributed by atoms with E-state index in [4.69, 9.17) is 18.9 Å². The molecule has 0 bridgehead atoms. The monoisotopic (exact) mass is 470 g/mol. The average molecular weight is 471 g/mol. The minimum Gasteiger partial charge on any atom is -0.455 e. The van der Waals surface area contributed by atoms with Crippen molar-refractivity contribution >= 4 is 12.2 Å². The topological polar surface area (TPSA) is 77.5 Å². The number of amides is 2. The molecule has 2 aromatic carbocycles. The molecular weight excluding hydrogens is 436 g/mol. The van der Waals surface area contributed by atoms with E-state index < -0.39 is 24.8 Å². The van der Waals surface area contributed by atoms with Crippen molar-refractivity contribution in [1.82, 2.24) is 9.80 Å². The fourth-order valence-corrected chi connectivity index (χ4v) is 3.51. The van der Waals surface area contributed by atoms with Crippen molar-refractivity contribution in [3.63, 3.8) is 0 Å². The van der Waals surface area contributed by atoms with Crippen molar-refractivity contribution in [1.29, 1.82) is 0 Å². The molecule has 34 heavy (non-hydrogen) atoms. The van der Waals surface area contributed by atoms with Gasteiger partial charge in [-0.25, -0.2) is 9.59 Å². The summed E-state index contributed by atoms with van der Waals surface area (Å²) in [5, 5.41) is 0. The van der Waals surface area contributed by atoms with Crippen LogP contribution in [0.3, 0.4) is 0 Å². The molecule has 8 nitrogen and oxygen atoms in total. The van der Waals surface area contributed by atoms with Gasteiger partial charge in [0.1, 0.15) is 11.5 Å². The van der Waals surface area contributed by atoms with Crippen LogP contribution in [-0.2, 0) is 9.47 Å². The first-order valence-electron chi connectivity index (χ1n) is 11.5. The van der Waals surface area contributed by atoms with E-state index in [1.165, 1.54) is 11.1 Å². The van der Waals surface area contributed by atoms with Crippen molar-refractivity contribution in [3.05, 3.63) is 58.7 Å². The highest BCUT2D eigenvalue weighted by Crippen LogP contribution is 2.20. The van der Waals surface area contributed by atoms with Crippen LogP contribution in [0.1, 0.15) is 36.1 Å². The molecule has 0 aliphatic carbocycles. The van der Waals surface area contributed by atoms with Gasteiger partial charge in [-0.3, -0.25) is 0 Å². The number of piperazine rings is 1. The molecule has 3 rings (SSSR count). The Kier molecular flexibility index (Phi) is 8.26. The van der Waals surface area contributed by atoms with Crippen LogP contribution in [0.4, 0.5) is 9.59 Å². The minimum atomic E-state index is -0.735. The summed E-state index contributed by atoms with van der Waals surface area (Å²) in [6.45, 7) is 12.8. The predicted molar refractivity (Wildman–Crippen MR) is 128 cm³/mol. The van der Waals surface area contributed by atoms with Gasteiger partial charge in [0.05, 0.1) is 0 Å². The molecule has 8 heteroatoms. The molecule has 0 spiro atoms. The van der Waals surface area contributed by atoms with E-state index in [9.17, 15) is 9.59 Å². The standard InChI is InChI=1S/C26H34N2O6/c1-17-7-9-23(15-19(17)3)31-21(5)33-25(29)27-11-13-28(14-12-27)26(30)34-22(6)32-24-10-8-18(2)20(4)16-24/h7-10,15-16,21-22H,11-14H2,1-6H3/t21-,22-/m1/s1. The van der Waals surface area contributed by atoms with E-state index in [1.54, 1.807) is 23.6 Å².